The molecule has 102 valence electrons. The van der Waals surface area contributed by atoms with E-state index in [0.717, 1.165) is 0 Å². The molecule has 2 rings (SSSR count). The molecule has 1 unspecified atom stereocenters. The molecule has 1 fully saturated rings. The van der Waals surface area contributed by atoms with E-state index in [2.05, 4.69) is 0 Å². The second kappa shape index (κ2) is 5.80. The van der Waals surface area contributed by atoms with Gasteiger partial charge in [-0.15, -0.1) is 0 Å². The van der Waals surface area contributed by atoms with E-state index in [0.29, 0.717) is 35.1 Å². The number of carbonyl (C=O) groups excluding carboxylic acids is 1. The molecule has 1 aliphatic heterocycles. The number of rotatable bonds is 3. The minimum absolute atomic E-state index is 0.0133. The summed E-state index contributed by atoms with van der Waals surface area (Å²) in [6.45, 7) is 1.01. The number of likely N-dealkylation sites (tertiary alicyclic amines) is 1. The van der Waals surface area contributed by atoms with E-state index in [-0.39, 0.29) is 18.2 Å². The van der Waals surface area contributed by atoms with Crippen molar-refractivity contribution in [2.24, 2.45) is 5.92 Å². The highest BCUT2D eigenvalue weighted by molar-refractivity contribution is 6.35. The number of nitrogens with zero attached hydrogens (tertiary/aromatic N) is 1. The smallest absolute Gasteiger partial charge is 0.303 e. The van der Waals surface area contributed by atoms with Gasteiger partial charge >= 0.3 is 5.97 Å². The van der Waals surface area contributed by atoms with Gasteiger partial charge in [0, 0.05) is 24.5 Å². The Hall–Kier alpha value is -1.26. The van der Waals surface area contributed by atoms with Gasteiger partial charge < -0.3 is 10.0 Å². The Labute approximate surface area is 120 Å². The summed E-state index contributed by atoms with van der Waals surface area (Å²) in [5, 5.41) is 9.56. The van der Waals surface area contributed by atoms with Crippen LogP contribution in [0, 0.1) is 5.92 Å². The highest BCUT2D eigenvalue weighted by atomic mass is 35.5. The molecule has 0 spiro atoms. The first kappa shape index (κ1) is 14.2. The minimum Gasteiger partial charge on any atom is -0.481 e. The highest BCUT2D eigenvalue weighted by Gasteiger charge is 2.29. The van der Waals surface area contributed by atoms with Crippen molar-refractivity contribution < 1.29 is 14.7 Å². The molecule has 1 heterocycles. The molecule has 4 nitrogen and oxygen atoms in total. The lowest BCUT2D eigenvalue weighted by Crippen LogP contribution is -2.29. The zero-order valence-corrected chi connectivity index (χ0v) is 11.6. The maximum atomic E-state index is 12.3. The summed E-state index contributed by atoms with van der Waals surface area (Å²) in [4.78, 5) is 24.6. The lowest BCUT2D eigenvalue weighted by Gasteiger charge is -2.17. The van der Waals surface area contributed by atoms with Gasteiger partial charge in [-0.05, 0) is 30.5 Å². The predicted molar refractivity (Wildman–Crippen MR) is 72.7 cm³/mol. The molecule has 1 amide bonds. The molecular formula is C13H13Cl2NO3. The van der Waals surface area contributed by atoms with E-state index in [1.165, 1.54) is 6.07 Å². The molecule has 1 aromatic rings. The lowest BCUT2D eigenvalue weighted by atomic mass is 10.1. The average Bonchev–Trinajstić information content (AvgIpc) is 2.79. The van der Waals surface area contributed by atoms with Crippen molar-refractivity contribution in [1.29, 1.82) is 0 Å². The first-order valence-electron chi connectivity index (χ1n) is 5.93. The average molecular weight is 302 g/mol. The van der Waals surface area contributed by atoms with E-state index in [9.17, 15) is 9.59 Å². The lowest BCUT2D eigenvalue weighted by molar-refractivity contribution is -0.138. The first-order chi connectivity index (χ1) is 8.97. The van der Waals surface area contributed by atoms with E-state index in [1.807, 2.05) is 0 Å². The molecule has 1 aliphatic rings. The van der Waals surface area contributed by atoms with Crippen molar-refractivity contribution in [1.82, 2.24) is 4.90 Å². The number of hydrogen-bond donors (Lipinski definition) is 1. The Morgan fingerprint density at radius 3 is 2.79 bits per heavy atom. The first-order valence-corrected chi connectivity index (χ1v) is 6.69. The third-order valence-electron chi connectivity index (χ3n) is 3.20. The number of benzene rings is 1. The number of halogens is 2. The van der Waals surface area contributed by atoms with Gasteiger partial charge in [-0.1, -0.05) is 23.2 Å². The molecule has 1 aromatic carbocycles. The van der Waals surface area contributed by atoms with Crippen molar-refractivity contribution in [3.8, 4) is 0 Å². The molecule has 0 radical (unpaired) electrons. The zero-order chi connectivity index (χ0) is 14.0. The molecule has 0 bridgehead atoms. The molecule has 0 saturated carbocycles. The van der Waals surface area contributed by atoms with E-state index < -0.39 is 5.97 Å². The summed E-state index contributed by atoms with van der Waals surface area (Å²) >= 11 is 11.8. The SMILES string of the molecule is O=C(O)CC1CCN(C(=O)c2cc(Cl)ccc2Cl)C1. The van der Waals surface area contributed by atoms with Gasteiger partial charge in [-0.2, -0.15) is 0 Å². The fourth-order valence-corrected chi connectivity index (χ4v) is 2.63. The maximum absolute atomic E-state index is 12.3. The van der Waals surface area contributed by atoms with E-state index >= 15 is 0 Å². The second-order valence-corrected chi connectivity index (χ2v) is 5.47. The van der Waals surface area contributed by atoms with Crippen molar-refractivity contribution in [2.75, 3.05) is 13.1 Å². The Bertz CT molecular complexity index is 519. The molecule has 1 N–H and O–H groups in total. The van der Waals surface area contributed by atoms with Crippen LogP contribution in [0.1, 0.15) is 23.2 Å². The molecule has 1 atom stereocenters. The normalized spacial score (nSPS) is 18.6. The molecule has 19 heavy (non-hydrogen) atoms. The number of carboxylic acids is 1. The Morgan fingerprint density at radius 2 is 2.11 bits per heavy atom. The molecule has 1 saturated heterocycles. The van der Waals surface area contributed by atoms with Crippen LogP contribution in [0.15, 0.2) is 18.2 Å². The van der Waals surface area contributed by atoms with E-state index in [1.54, 1.807) is 17.0 Å². The van der Waals surface area contributed by atoms with Gasteiger partial charge in [0.05, 0.1) is 10.6 Å². The van der Waals surface area contributed by atoms with Crippen molar-refractivity contribution in [3.05, 3.63) is 33.8 Å². The van der Waals surface area contributed by atoms with Crippen molar-refractivity contribution >= 4 is 35.1 Å². The highest BCUT2D eigenvalue weighted by Crippen LogP contribution is 2.26. The van der Waals surface area contributed by atoms with Gasteiger partial charge in [0.15, 0.2) is 0 Å². The van der Waals surface area contributed by atoms with Crippen molar-refractivity contribution in [2.45, 2.75) is 12.8 Å². The molecule has 6 heteroatoms. The topological polar surface area (TPSA) is 57.6 Å². The number of aliphatic carboxylic acids is 1. The number of amides is 1. The van der Waals surface area contributed by atoms with Crippen molar-refractivity contribution in [3.63, 3.8) is 0 Å². The van der Waals surface area contributed by atoms with Crippen LogP contribution in [0.25, 0.3) is 0 Å². The summed E-state index contributed by atoms with van der Waals surface area (Å²) in [5.41, 5.74) is 0.366. The summed E-state index contributed by atoms with van der Waals surface area (Å²) in [6, 6.07) is 4.75. The van der Waals surface area contributed by atoms with Crippen LogP contribution in [0.4, 0.5) is 0 Å². The van der Waals surface area contributed by atoms with Gasteiger partial charge in [-0.25, -0.2) is 0 Å². The Kier molecular flexibility index (Phi) is 4.32. The van der Waals surface area contributed by atoms with Crippen LogP contribution in [0.3, 0.4) is 0 Å². The van der Waals surface area contributed by atoms with E-state index in [4.69, 9.17) is 28.3 Å². The van der Waals surface area contributed by atoms with Crippen LogP contribution >= 0.6 is 23.2 Å². The number of carbonyl (C=O) groups is 2. The fourth-order valence-electron chi connectivity index (χ4n) is 2.26. The zero-order valence-electron chi connectivity index (χ0n) is 10.1. The maximum Gasteiger partial charge on any atom is 0.303 e. The summed E-state index contributed by atoms with van der Waals surface area (Å²) in [7, 11) is 0. The Morgan fingerprint density at radius 1 is 1.37 bits per heavy atom. The summed E-state index contributed by atoms with van der Waals surface area (Å²) < 4.78 is 0. The quantitative estimate of drug-likeness (QED) is 0.934. The third-order valence-corrected chi connectivity index (χ3v) is 3.76. The predicted octanol–water partition coefficient (Wildman–Crippen LogP) is 2.93. The summed E-state index contributed by atoms with van der Waals surface area (Å²) in [6.07, 6.45) is 0.795. The van der Waals surface area contributed by atoms with Crippen LogP contribution in [-0.2, 0) is 4.79 Å². The number of hydrogen-bond acceptors (Lipinski definition) is 2. The Balaban J connectivity index is 2.09. The van der Waals surface area contributed by atoms with Gasteiger partial charge in [0.1, 0.15) is 0 Å². The monoisotopic (exact) mass is 301 g/mol. The van der Waals surface area contributed by atoms with Crippen LogP contribution in [0.2, 0.25) is 10.0 Å². The van der Waals surface area contributed by atoms with Crippen LogP contribution < -0.4 is 0 Å². The summed E-state index contributed by atoms with van der Waals surface area (Å²) in [5.74, 6) is -1.01. The standard InChI is InChI=1S/C13H13Cl2NO3/c14-9-1-2-11(15)10(6-9)13(19)16-4-3-8(7-16)5-12(17)18/h1-2,6,8H,3-5,7H2,(H,17,18). The largest absolute Gasteiger partial charge is 0.481 e. The van der Waals surface area contributed by atoms with Gasteiger partial charge in [0.25, 0.3) is 5.91 Å². The molecular weight excluding hydrogens is 289 g/mol. The fraction of sp³-hybridized carbons (Fsp3) is 0.385. The molecule has 0 aliphatic carbocycles. The number of carboxylic acid groups (broad SMARTS) is 1. The van der Waals surface area contributed by atoms with Crippen LogP contribution in [-0.4, -0.2) is 35.0 Å². The van der Waals surface area contributed by atoms with Gasteiger partial charge in [0.2, 0.25) is 0 Å². The minimum atomic E-state index is -0.833. The van der Waals surface area contributed by atoms with Gasteiger partial charge in [-0.3, -0.25) is 9.59 Å². The second-order valence-electron chi connectivity index (χ2n) is 4.63. The third kappa shape index (κ3) is 3.39. The van der Waals surface area contributed by atoms with Crippen LogP contribution in [0.5, 0.6) is 0 Å². The molecule has 0 aromatic heterocycles.